The van der Waals surface area contributed by atoms with Crippen molar-refractivity contribution in [3.63, 3.8) is 0 Å². The summed E-state index contributed by atoms with van der Waals surface area (Å²) in [4.78, 5) is 39.1. The van der Waals surface area contributed by atoms with E-state index in [0.29, 0.717) is 29.6 Å². The molecule has 4 heterocycles. The summed E-state index contributed by atoms with van der Waals surface area (Å²) in [5, 5.41) is 0.599. The number of rotatable bonds is 8. The lowest BCUT2D eigenvalue weighted by Gasteiger charge is -2.40. The van der Waals surface area contributed by atoms with Crippen molar-refractivity contribution in [2.24, 2.45) is 5.73 Å². The standard InChI is InChI=1S/C30H34N6O2/c1-21-9-10-25(15-33-21)34-13-5-6-26(19-34)35(16-23-11-12-32-22(2)14-23)17-24-18-36(20-29(31)37)28-8-4-3-7-27(28)30(24)38/h3-4,7-12,14-15,18,26H,5-6,13,16-17,19-20H2,1-2H3,(H2,31,37)/t26-/m0/s1. The first-order valence-corrected chi connectivity index (χ1v) is 13.1. The highest BCUT2D eigenvalue weighted by molar-refractivity contribution is 5.82. The molecule has 0 aliphatic carbocycles. The van der Waals surface area contributed by atoms with Gasteiger partial charge in [-0.15, -0.1) is 0 Å². The lowest BCUT2D eigenvalue weighted by atomic mass is 10.0. The van der Waals surface area contributed by atoms with Gasteiger partial charge in [0.05, 0.1) is 17.4 Å². The zero-order valence-corrected chi connectivity index (χ0v) is 22.0. The Bertz CT molecular complexity index is 1500. The van der Waals surface area contributed by atoms with Gasteiger partial charge in [0.25, 0.3) is 0 Å². The fraction of sp³-hybridized carbons (Fsp3) is 0.333. The van der Waals surface area contributed by atoms with E-state index < -0.39 is 5.91 Å². The van der Waals surface area contributed by atoms with Gasteiger partial charge in [0, 0.05) is 67.0 Å². The number of anilines is 1. The Kier molecular flexibility index (Phi) is 7.51. The first kappa shape index (κ1) is 25.6. The van der Waals surface area contributed by atoms with Gasteiger partial charge in [0.15, 0.2) is 5.43 Å². The highest BCUT2D eigenvalue weighted by Crippen LogP contribution is 2.25. The molecule has 1 fully saturated rings. The van der Waals surface area contributed by atoms with Crippen LogP contribution in [0.1, 0.15) is 35.4 Å². The topological polar surface area (TPSA) is 97.4 Å². The molecule has 0 unspecified atom stereocenters. The molecule has 1 amide bonds. The van der Waals surface area contributed by atoms with Crippen LogP contribution in [0, 0.1) is 13.8 Å². The molecule has 38 heavy (non-hydrogen) atoms. The van der Waals surface area contributed by atoms with E-state index in [2.05, 4.69) is 31.9 Å². The number of aryl methyl sites for hydroxylation is 2. The number of hydrogen-bond donors (Lipinski definition) is 1. The quantitative estimate of drug-likeness (QED) is 0.389. The molecule has 3 aromatic heterocycles. The molecule has 4 aromatic rings. The van der Waals surface area contributed by atoms with Crippen molar-refractivity contribution in [3.8, 4) is 0 Å². The predicted molar refractivity (Wildman–Crippen MR) is 150 cm³/mol. The van der Waals surface area contributed by atoms with Crippen LogP contribution in [-0.2, 0) is 24.4 Å². The van der Waals surface area contributed by atoms with Crippen LogP contribution in [0.3, 0.4) is 0 Å². The number of para-hydroxylation sites is 1. The number of nitrogens with two attached hydrogens (primary N) is 1. The Hall–Kier alpha value is -4.04. The van der Waals surface area contributed by atoms with Crippen LogP contribution < -0.4 is 16.1 Å². The summed E-state index contributed by atoms with van der Waals surface area (Å²) in [6, 6.07) is 16.0. The third kappa shape index (κ3) is 5.75. The maximum absolute atomic E-state index is 13.6. The number of fused-ring (bicyclic) bond motifs is 1. The number of amides is 1. The zero-order valence-electron chi connectivity index (χ0n) is 22.0. The molecular formula is C30H34N6O2. The molecule has 1 aliphatic rings. The van der Waals surface area contributed by atoms with Gasteiger partial charge in [-0.1, -0.05) is 12.1 Å². The highest BCUT2D eigenvalue weighted by atomic mass is 16.1. The lowest BCUT2D eigenvalue weighted by Crippen LogP contribution is -2.48. The van der Waals surface area contributed by atoms with E-state index in [4.69, 9.17) is 5.73 Å². The van der Waals surface area contributed by atoms with Crippen LogP contribution in [0.4, 0.5) is 5.69 Å². The lowest BCUT2D eigenvalue weighted by molar-refractivity contribution is -0.118. The van der Waals surface area contributed by atoms with Crippen molar-refractivity contribution in [1.82, 2.24) is 19.4 Å². The smallest absolute Gasteiger partial charge is 0.237 e. The third-order valence-corrected chi connectivity index (χ3v) is 7.28. The average Bonchev–Trinajstić information content (AvgIpc) is 2.91. The molecule has 0 spiro atoms. The fourth-order valence-corrected chi connectivity index (χ4v) is 5.42. The van der Waals surface area contributed by atoms with Crippen LogP contribution in [-0.4, -0.2) is 44.5 Å². The van der Waals surface area contributed by atoms with Gasteiger partial charge in [-0.2, -0.15) is 0 Å². The van der Waals surface area contributed by atoms with E-state index in [-0.39, 0.29) is 18.0 Å². The normalized spacial score (nSPS) is 15.8. The number of piperidine rings is 1. The molecule has 1 aliphatic heterocycles. The first-order valence-electron chi connectivity index (χ1n) is 13.1. The summed E-state index contributed by atoms with van der Waals surface area (Å²) in [5.41, 5.74) is 11.2. The van der Waals surface area contributed by atoms with Crippen LogP contribution in [0.5, 0.6) is 0 Å². The maximum Gasteiger partial charge on any atom is 0.237 e. The predicted octanol–water partition coefficient (Wildman–Crippen LogP) is 3.56. The van der Waals surface area contributed by atoms with Gasteiger partial charge >= 0.3 is 0 Å². The zero-order chi connectivity index (χ0) is 26.6. The highest BCUT2D eigenvalue weighted by Gasteiger charge is 2.27. The molecule has 5 rings (SSSR count). The van der Waals surface area contributed by atoms with Crippen molar-refractivity contribution in [2.45, 2.75) is 52.4 Å². The number of carbonyl (C=O) groups excluding carboxylic acids is 1. The molecule has 0 radical (unpaired) electrons. The number of benzene rings is 1. The minimum absolute atomic E-state index is 0.00682. The molecule has 1 aromatic carbocycles. The van der Waals surface area contributed by atoms with Gasteiger partial charge in [0.2, 0.25) is 5.91 Å². The Morgan fingerprint density at radius 2 is 1.92 bits per heavy atom. The van der Waals surface area contributed by atoms with Crippen molar-refractivity contribution < 1.29 is 4.79 Å². The first-order chi connectivity index (χ1) is 18.4. The minimum Gasteiger partial charge on any atom is -0.369 e. The van der Waals surface area contributed by atoms with E-state index in [1.807, 2.05) is 68.8 Å². The van der Waals surface area contributed by atoms with Gasteiger partial charge in [-0.25, -0.2) is 0 Å². The molecule has 2 N–H and O–H groups in total. The van der Waals surface area contributed by atoms with Crippen LogP contribution >= 0.6 is 0 Å². The van der Waals surface area contributed by atoms with Gasteiger partial charge < -0.3 is 15.2 Å². The Balaban J connectivity index is 1.50. The van der Waals surface area contributed by atoms with Crippen molar-refractivity contribution in [1.29, 1.82) is 0 Å². The Morgan fingerprint density at radius 3 is 2.68 bits per heavy atom. The van der Waals surface area contributed by atoms with Crippen molar-refractivity contribution in [3.05, 3.63) is 99.9 Å². The summed E-state index contributed by atoms with van der Waals surface area (Å²) in [6.07, 6.45) is 7.67. The fourth-order valence-electron chi connectivity index (χ4n) is 5.42. The molecule has 0 saturated carbocycles. The van der Waals surface area contributed by atoms with Crippen LogP contribution in [0.15, 0.2) is 71.9 Å². The van der Waals surface area contributed by atoms with E-state index in [0.717, 1.165) is 48.6 Å². The van der Waals surface area contributed by atoms with E-state index >= 15 is 0 Å². The van der Waals surface area contributed by atoms with Crippen LogP contribution in [0.25, 0.3) is 10.9 Å². The van der Waals surface area contributed by atoms with Crippen molar-refractivity contribution >= 4 is 22.5 Å². The SMILES string of the molecule is Cc1ccc(N2CCC[C@H](N(Cc3ccnc(C)c3)Cc3cn(CC(N)=O)c4ccccc4c3=O)C2)cn1. The molecule has 196 valence electrons. The number of aromatic nitrogens is 3. The maximum atomic E-state index is 13.6. The summed E-state index contributed by atoms with van der Waals surface area (Å²) >= 11 is 0. The second kappa shape index (κ2) is 11.1. The van der Waals surface area contributed by atoms with Gasteiger partial charge in [-0.05, 0) is 68.7 Å². The molecule has 1 saturated heterocycles. The third-order valence-electron chi connectivity index (χ3n) is 7.28. The Labute approximate surface area is 222 Å². The number of primary amides is 1. The molecule has 1 atom stereocenters. The Morgan fingerprint density at radius 1 is 1.08 bits per heavy atom. The monoisotopic (exact) mass is 510 g/mol. The summed E-state index contributed by atoms with van der Waals surface area (Å²) in [7, 11) is 0. The average molecular weight is 511 g/mol. The number of hydrogen-bond acceptors (Lipinski definition) is 6. The second-order valence-corrected chi connectivity index (χ2v) is 10.2. The minimum atomic E-state index is -0.441. The molecule has 8 heteroatoms. The van der Waals surface area contributed by atoms with E-state index in [9.17, 15) is 9.59 Å². The number of carbonyl (C=O) groups is 1. The summed E-state index contributed by atoms with van der Waals surface area (Å²) < 4.78 is 1.80. The molecular weight excluding hydrogens is 476 g/mol. The summed E-state index contributed by atoms with van der Waals surface area (Å²) in [6.45, 7) is 6.99. The van der Waals surface area contributed by atoms with Gasteiger partial charge in [-0.3, -0.25) is 24.5 Å². The molecule has 0 bridgehead atoms. The van der Waals surface area contributed by atoms with Crippen LogP contribution in [0.2, 0.25) is 0 Å². The van der Waals surface area contributed by atoms with Gasteiger partial charge in [0.1, 0.15) is 6.54 Å². The summed E-state index contributed by atoms with van der Waals surface area (Å²) in [5.74, 6) is -0.441. The van der Waals surface area contributed by atoms with E-state index in [1.165, 1.54) is 0 Å². The molecule has 8 nitrogen and oxygen atoms in total. The number of pyridine rings is 3. The second-order valence-electron chi connectivity index (χ2n) is 10.2. The van der Waals surface area contributed by atoms with Crippen molar-refractivity contribution in [2.75, 3.05) is 18.0 Å². The number of nitrogens with zero attached hydrogens (tertiary/aromatic N) is 5. The van der Waals surface area contributed by atoms with E-state index in [1.54, 1.807) is 4.57 Å². The largest absolute Gasteiger partial charge is 0.369 e.